The molecular weight excluding hydrogens is 494 g/mol. The van der Waals surface area contributed by atoms with Crippen molar-refractivity contribution in [2.24, 2.45) is 5.73 Å². The highest BCUT2D eigenvalue weighted by atomic mass is 35.5. The first kappa shape index (κ1) is 24.5. The summed E-state index contributed by atoms with van der Waals surface area (Å²) in [5, 5.41) is 19.6. The van der Waals surface area contributed by atoms with Crippen LogP contribution in [0.25, 0.3) is 10.2 Å². The fraction of sp³-hybridized carbons (Fsp3) is 0.273. The number of fused-ring (bicyclic) bond motifs is 2. The normalized spacial score (nSPS) is 17.7. The van der Waals surface area contributed by atoms with Crippen LogP contribution in [0.2, 0.25) is 5.02 Å². The molecule has 0 spiro atoms. The number of nitrogens with one attached hydrogen (secondary N) is 3. The number of benzene rings is 2. The smallest absolute Gasteiger partial charge is 0.335 e. The molecule has 184 valence electrons. The van der Waals surface area contributed by atoms with Gasteiger partial charge in [0.25, 0.3) is 0 Å². The van der Waals surface area contributed by atoms with Gasteiger partial charge in [-0.25, -0.2) is 9.78 Å². The van der Waals surface area contributed by atoms with Crippen molar-refractivity contribution in [3.05, 3.63) is 47.0 Å². The number of hydrogen-bond donors (Lipinski definition) is 5. The summed E-state index contributed by atoms with van der Waals surface area (Å²) in [7, 11) is 5.15. The molecule has 0 radical (unpaired) electrons. The van der Waals surface area contributed by atoms with Gasteiger partial charge >= 0.3 is 5.97 Å². The third kappa shape index (κ3) is 4.67. The second-order valence-electron chi connectivity index (χ2n) is 8.38. The second kappa shape index (κ2) is 9.21. The van der Waals surface area contributed by atoms with Gasteiger partial charge in [0.15, 0.2) is 11.2 Å². The summed E-state index contributed by atoms with van der Waals surface area (Å²) in [6, 6.07) is 8.52. The van der Waals surface area contributed by atoms with E-state index in [-0.39, 0.29) is 12.1 Å². The summed E-state index contributed by atoms with van der Waals surface area (Å²) in [4.78, 5) is 44.9. The Morgan fingerprint density at radius 3 is 2.69 bits per heavy atom. The van der Waals surface area contributed by atoms with E-state index >= 15 is 0 Å². The average Bonchev–Trinajstić information content (AvgIpc) is 3.28. The van der Waals surface area contributed by atoms with Gasteiger partial charge in [-0.05, 0) is 50.5 Å². The number of thiazole rings is 1. The molecule has 0 saturated carbocycles. The number of rotatable bonds is 8. The Morgan fingerprint density at radius 2 is 2.03 bits per heavy atom. The number of halogens is 1. The molecule has 0 aliphatic carbocycles. The fourth-order valence-corrected chi connectivity index (χ4v) is 5.18. The molecule has 13 heteroatoms. The van der Waals surface area contributed by atoms with Gasteiger partial charge in [0.05, 0.1) is 33.7 Å². The summed E-state index contributed by atoms with van der Waals surface area (Å²) < 4.78 is 0.814. The maximum Gasteiger partial charge on any atom is 0.335 e. The van der Waals surface area contributed by atoms with Gasteiger partial charge in [0.1, 0.15) is 0 Å². The molecule has 2 amide bonds. The summed E-state index contributed by atoms with van der Waals surface area (Å²) in [5.74, 6) is -3.82. The number of carbonyl (C=O) groups is 3. The van der Waals surface area contributed by atoms with Gasteiger partial charge in [0.2, 0.25) is 17.6 Å². The first-order chi connectivity index (χ1) is 16.5. The van der Waals surface area contributed by atoms with Crippen LogP contribution in [-0.4, -0.2) is 72.3 Å². The molecule has 1 aromatic heterocycles. The van der Waals surface area contributed by atoms with E-state index in [0.717, 1.165) is 4.70 Å². The summed E-state index contributed by atoms with van der Waals surface area (Å²) in [6.45, 7) is 0.0271. The van der Waals surface area contributed by atoms with E-state index < -0.39 is 29.6 Å². The van der Waals surface area contributed by atoms with Gasteiger partial charge in [-0.1, -0.05) is 22.9 Å². The number of nitrogens with zero attached hydrogens (tertiary/aromatic N) is 3. The van der Waals surface area contributed by atoms with Gasteiger partial charge in [-0.15, -0.1) is 0 Å². The predicted octanol–water partition coefficient (Wildman–Crippen LogP) is 1.81. The maximum absolute atomic E-state index is 12.8. The van der Waals surface area contributed by atoms with Crippen LogP contribution < -0.4 is 26.6 Å². The van der Waals surface area contributed by atoms with Gasteiger partial charge < -0.3 is 36.6 Å². The van der Waals surface area contributed by atoms with Crippen molar-refractivity contribution in [3.63, 3.8) is 0 Å². The number of likely N-dealkylation sites (N-methyl/N-ethyl adjacent to an activating group) is 2. The summed E-state index contributed by atoms with van der Waals surface area (Å²) >= 11 is 7.42. The molecular formula is C22H24ClN7O4S. The number of aromatic carboxylic acids is 1. The van der Waals surface area contributed by atoms with Crippen molar-refractivity contribution in [1.82, 2.24) is 15.2 Å². The molecule has 2 aromatic carbocycles. The van der Waals surface area contributed by atoms with E-state index in [1.165, 1.54) is 23.5 Å². The average molecular weight is 518 g/mol. The summed E-state index contributed by atoms with van der Waals surface area (Å²) in [6.07, 6.45) is 0. The first-order valence-corrected chi connectivity index (χ1v) is 11.7. The molecule has 2 heterocycles. The Hall–Kier alpha value is -3.61. The number of carboxylic acid groups (broad SMARTS) is 1. The minimum atomic E-state index is -1.50. The molecule has 3 aromatic rings. The fourth-order valence-electron chi connectivity index (χ4n) is 3.98. The number of primary amides is 1. The van der Waals surface area contributed by atoms with Crippen molar-refractivity contribution in [1.29, 1.82) is 0 Å². The van der Waals surface area contributed by atoms with Crippen LogP contribution in [0.4, 0.5) is 16.5 Å². The van der Waals surface area contributed by atoms with Crippen LogP contribution in [0.1, 0.15) is 10.4 Å². The standard InChI is InChI=1S/C22H24ClN7O4S/c1-29(2)10-17(31)26-18(19(24)32)22(28-21-25-13-6-5-12(23)9-16(13)35-21)27-14-8-11(20(33)34)4-7-15(14)30(22)3/h4-9,18,27H,10H2,1-3H3,(H2,24,32)(H,25,28)(H,26,31)(H,33,34). The van der Waals surface area contributed by atoms with E-state index in [9.17, 15) is 19.5 Å². The van der Waals surface area contributed by atoms with E-state index in [2.05, 4.69) is 20.9 Å². The van der Waals surface area contributed by atoms with Crippen LogP contribution in [-0.2, 0) is 9.59 Å². The SMILES string of the molecule is CN(C)CC(=O)NC(C(N)=O)C1(Nc2nc3ccc(Cl)cc3s2)Nc2cc(C(=O)O)ccc2N1C. The number of anilines is 3. The van der Waals surface area contributed by atoms with Crippen LogP contribution in [0.3, 0.4) is 0 Å². The first-order valence-electron chi connectivity index (χ1n) is 10.5. The highest BCUT2D eigenvalue weighted by Crippen LogP contribution is 2.42. The minimum Gasteiger partial charge on any atom is -0.478 e. The summed E-state index contributed by atoms with van der Waals surface area (Å²) in [5.41, 5.74) is 7.59. The van der Waals surface area contributed by atoms with Crippen LogP contribution in [0.5, 0.6) is 0 Å². The number of nitrogens with two attached hydrogens (primary N) is 1. The monoisotopic (exact) mass is 517 g/mol. The van der Waals surface area contributed by atoms with Crippen molar-refractivity contribution in [2.45, 2.75) is 11.8 Å². The Morgan fingerprint density at radius 1 is 1.29 bits per heavy atom. The molecule has 0 fully saturated rings. The number of aromatic nitrogens is 1. The van der Waals surface area contributed by atoms with E-state index in [0.29, 0.717) is 27.0 Å². The van der Waals surface area contributed by atoms with E-state index in [4.69, 9.17) is 17.3 Å². The topological polar surface area (TPSA) is 153 Å². The zero-order chi connectivity index (χ0) is 25.5. The molecule has 1 aliphatic rings. The van der Waals surface area contributed by atoms with Crippen LogP contribution in [0, 0.1) is 0 Å². The Labute approximate surface area is 209 Å². The lowest BCUT2D eigenvalue weighted by atomic mass is 10.1. The molecule has 11 nitrogen and oxygen atoms in total. The minimum absolute atomic E-state index is 0.0271. The van der Waals surface area contributed by atoms with Gasteiger partial charge in [-0.2, -0.15) is 0 Å². The number of carboxylic acids is 1. The third-order valence-electron chi connectivity index (χ3n) is 5.57. The molecule has 2 atom stereocenters. The molecule has 1 aliphatic heterocycles. The van der Waals surface area contributed by atoms with Crippen molar-refractivity contribution in [2.75, 3.05) is 43.2 Å². The molecule has 2 unspecified atom stereocenters. The van der Waals surface area contributed by atoms with Crippen LogP contribution in [0.15, 0.2) is 36.4 Å². The number of carbonyl (C=O) groups excluding carboxylic acids is 2. The van der Waals surface area contributed by atoms with Crippen molar-refractivity contribution >= 4 is 67.4 Å². The largest absolute Gasteiger partial charge is 0.478 e. The van der Waals surface area contributed by atoms with Crippen LogP contribution >= 0.6 is 22.9 Å². The van der Waals surface area contributed by atoms with Crippen molar-refractivity contribution in [3.8, 4) is 0 Å². The highest BCUT2D eigenvalue weighted by molar-refractivity contribution is 7.22. The third-order valence-corrected chi connectivity index (χ3v) is 6.74. The van der Waals surface area contributed by atoms with Gasteiger partial charge in [-0.3, -0.25) is 9.59 Å². The molecule has 0 saturated heterocycles. The maximum atomic E-state index is 12.8. The lowest BCUT2D eigenvalue weighted by Crippen LogP contribution is -2.72. The lowest BCUT2D eigenvalue weighted by molar-refractivity contribution is -0.128. The predicted molar refractivity (Wildman–Crippen MR) is 136 cm³/mol. The molecule has 35 heavy (non-hydrogen) atoms. The Balaban J connectivity index is 1.81. The van der Waals surface area contributed by atoms with E-state index in [1.807, 2.05) is 0 Å². The Kier molecular flexibility index (Phi) is 6.45. The van der Waals surface area contributed by atoms with E-state index in [1.54, 1.807) is 55.2 Å². The zero-order valence-corrected chi connectivity index (χ0v) is 20.7. The molecule has 6 N–H and O–H groups in total. The highest BCUT2D eigenvalue weighted by Gasteiger charge is 2.52. The second-order valence-corrected chi connectivity index (χ2v) is 9.85. The zero-order valence-electron chi connectivity index (χ0n) is 19.1. The van der Waals surface area contributed by atoms with Crippen molar-refractivity contribution < 1.29 is 19.5 Å². The molecule has 0 bridgehead atoms. The molecule has 4 rings (SSSR count). The lowest BCUT2D eigenvalue weighted by Gasteiger charge is -2.42. The number of amides is 2. The Bertz CT molecular complexity index is 1330. The number of hydrogen-bond acceptors (Lipinski definition) is 9. The van der Waals surface area contributed by atoms with Gasteiger partial charge in [0, 0.05) is 12.1 Å². The quantitative estimate of drug-likeness (QED) is 0.301.